The molecule has 1 heterocycles. The maximum Gasteiger partial charge on any atom is 0.311 e. The van der Waals surface area contributed by atoms with Crippen LogP contribution in [0.1, 0.15) is 96.9 Å². The molecule has 0 saturated carbocycles. The first-order chi connectivity index (χ1) is 22.4. The second-order valence-electron chi connectivity index (χ2n) is 15.1. The van der Waals surface area contributed by atoms with Crippen molar-refractivity contribution >= 4 is 21.8 Å². The summed E-state index contributed by atoms with van der Waals surface area (Å²) in [6, 6.07) is 15.3. The van der Waals surface area contributed by atoms with E-state index in [1.54, 1.807) is 21.3 Å². The zero-order valence-corrected chi connectivity index (χ0v) is 31.8. The van der Waals surface area contributed by atoms with Crippen LogP contribution >= 0.6 is 0 Å². The van der Waals surface area contributed by atoms with E-state index in [1.165, 1.54) is 0 Å². The lowest BCUT2D eigenvalue weighted by Crippen LogP contribution is -2.41. The van der Waals surface area contributed by atoms with Crippen molar-refractivity contribution in [2.75, 3.05) is 21.3 Å². The topological polar surface area (TPSA) is 89.4 Å². The van der Waals surface area contributed by atoms with Crippen molar-refractivity contribution in [3.05, 3.63) is 82.4 Å². The Kier molecular flexibility index (Phi) is 10.9. The summed E-state index contributed by atoms with van der Waals surface area (Å²) < 4.78 is 44.2. The van der Waals surface area contributed by atoms with Gasteiger partial charge < -0.3 is 23.5 Å². The fraction of sp³-hybridized carbons (Fsp3) is 0.475. The first-order valence-electron chi connectivity index (χ1n) is 16.5. The number of rotatable bonds is 9. The minimum absolute atomic E-state index is 0.0396. The molecular formula is C40H53NO6S. The third kappa shape index (κ3) is 7.35. The van der Waals surface area contributed by atoms with Crippen LogP contribution in [0.4, 0.5) is 5.69 Å². The van der Waals surface area contributed by atoms with E-state index in [2.05, 4.69) is 47.6 Å². The Morgan fingerprint density at radius 3 is 1.98 bits per heavy atom. The van der Waals surface area contributed by atoms with E-state index in [9.17, 15) is 4.79 Å². The van der Waals surface area contributed by atoms with E-state index in [1.807, 2.05) is 76.2 Å². The molecule has 1 unspecified atom stereocenters. The first-order valence-corrected chi connectivity index (χ1v) is 18.1. The molecule has 0 N–H and O–H groups in total. The average molecular weight is 676 g/mol. The first kappa shape index (κ1) is 37.2. The monoisotopic (exact) mass is 675 g/mol. The number of hydrogen-bond donors (Lipinski definition) is 0. The number of carbonyl (C=O) groups is 1. The van der Waals surface area contributed by atoms with Gasteiger partial charge >= 0.3 is 5.97 Å². The molecule has 1 aliphatic rings. The second kappa shape index (κ2) is 14.1. The molecule has 0 aliphatic carbocycles. The SMILES string of the molecule is COc1cc(C(C)(C)C)c(OC(=O)C[C@H](C)[C@@H]2[C@@H](C=C(C)C)c3cc(OC)c(OC)c(C)c3N=[S+]2([O-])c2ccccc2)c(C(C)(C)C)c1. The Hall–Kier alpha value is -3.62. The van der Waals surface area contributed by atoms with Gasteiger partial charge in [-0.1, -0.05) is 78.3 Å². The van der Waals surface area contributed by atoms with Gasteiger partial charge in [-0.25, -0.2) is 0 Å². The third-order valence-electron chi connectivity index (χ3n) is 8.99. The van der Waals surface area contributed by atoms with Crippen molar-refractivity contribution in [2.24, 2.45) is 10.3 Å². The summed E-state index contributed by atoms with van der Waals surface area (Å²) in [4.78, 5) is 14.7. The zero-order chi connectivity index (χ0) is 35.8. The van der Waals surface area contributed by atoms with E-state index in [-0.39, 0.29) is 35.1 Å². The van der Waals surface area contributed by atoms with Crippen LogP contribution in [0.25, 0.3) is 0 Å². The summed E-state index contributed by atoms with van der Waals surface area (Å²) in [6.45, 7) is 20.5. The smallest absolute Gasteiger partial charge is 0.311 e. The normalized spacial score (nSPS) is 19.8. The van der Waals surface area contributed by atoms with E-state index in [0.29, 0.717) is 27.8 Å². The fourth-order valence-electron chi connectivity index (χ4n) is 6.65. The van der Waals surface area contributed by atoms with Crippen molar-refractivity contribution < 1.29 is 28.3 Å². The molecule has 1 aliphatic heterocycles. The van der Waals surface area contributed by atoms with E-state index in [0.717, 1.165) is 33.6 Å². The minimum atomic E-state index is -3.11. The van der Waals surface area contributed by atoms with Crippen molar-refractivity contribution in [3.63, 3.8) is 0 Å². The second-order valence-corrected chi connectivity index (χ2v) is 17.4. The van der Waals surface area contributed by atoms with E-state index >= 15 is 4.55 Å². The summed E-state index contributed by atoms with van der Waals surface area (Å²) in [7, 11) is 1.74. The maximum absolute atomic E-state index is 15.6. The molecule has 7 nitrogen and oxygen atoms in total. The van der Waals surface area contributed by atoms with Crippen molar-refractivity contribution in [3.8, 4) is 23.0 Å². The third-order valence-corrected chi connectivity index (χ3v) is 11.9. The van der Waals surface area contributed by atoms with Crippen LogP contribution in [-0.2, 0) is 25.7 Å². The summed E-state index contributed by atoms with van der Waals surface area (Å²) in [6.07, 6.45) is 2.19. The minimum Gasteiger partial charge on any atom is -0.626 e. The largest absolute Gasteiger partial charge is 0.626 e. The molecule has 260 valence electrons. The van der Waals surface area contributed by atoms with Gasteiger partial charge in [-0.2, -0.15) is 0 Å². The molecule has 3 aromatic rings. The number of ether oxygens (including phenoxy) is 4. The molecule has 0 bridgehead atoms. The van der Waals surface area contributed by atoms with Crippen LogP contribution in [0, 0.1) is 12.8 Å². The van der Waals surface area contributed by atoms with Gasteiger partial charge in [-0.15, -0.1) is 4.36 Å². The lowest BCUT2D eigenvalue weighted by Gasteiger charge is -2.42. The number of nitrogens with zero attached hydrogens (tertiary/aromatic N) is 1. The van der Waals surface area contributed by atoms with Crippen molar-refractivity contribution in [1.82, 2.24) is 0 Å². The molecule has 8 heteroatoms. The van der Waals surface area contributed by atoms with Gasteiger partial charge in [0.1, 0.15) is 27.3 Å². The Bertz CT molecular complexity index is 1710. The summed E-state index contributed by atoms with van der Waals surface area (Å²) in [5.41, 5.74) is 4.49. The quantitative estimate of drug-likeness (QED) is 0.0971. The van der Waals surface area contributed by atoms with Gasteiger partial charge in [0, 0.05) is 22.6 Å². The van der Waals surface area contributed by atoms with Crippen LogP contribution < -0.4 is 18.9 Å². The van der Waals surface area contributed by atoms with Crippen molar-refractivity contribution in [1.29, 1.82) is 0 Å². The predicted molar refractivity (Wildman–Crippen MR) is 195 cm³/mol. The molecule has 0 amide bonds. The lowest BCUT2D eigenvalue weighted by molar-refractivity contribution is -0.135. The highest BCUT2D eigenvalue weighted by Gasteiger charge is 2.47. The number of methoxy groups -OCH3 is 3. The zero-order valence-electron chi connectivity index (χ0n) is 30.9. The molecule has 48 heavy (non-hydrogen) atoms. The van der Waals surface area contributed by atoms with E-state index in [4.69, 9.17) is 23.3 Å². The molecule has 0 aromatic heterocycles. The molecule has 0 radical (unpaired) electrons. The van der Waals surface area contributed by atoms with E-state index < -0.39 is 15.4 Å². The van der Waals surface area contributed by atoms with Gasteiger partial charge in [0.05, 0.1) is 33.7 Å². The average Bonchev–Trinajstić information content (AvgIpc) is 3.00. The van der Waals surface area contributed by atoms with Gasteiger partial charge in [0.15, 0.2) is 11.5 Å². The van der Waals surface area contributed by atoms with Gasteiger partial charge in [0.2, 0.25) is 0 Å². The van der Waals surface area contributed by atoms with Crippen molar-refractivity contribution in [2.45, 2.75) is 103 Å². The van der Waals surface area contributed by atoms with Crippen LogP contribution in [0.5, 0.6) is 23.0 Å². The van der Waals surface area contributed by atoms with Crippen LogP contribution in [0.15, 0.2) is 69.4 Å². The molecule has 4 rings (SSSR count). The number of fused-ring (bicyclic) bond motifs is 1. The Morgan fingerprint density at radius 2 is 1.50 bits per heavy atom. The number of benzene rings is 3. The highest BCUT2D eigenvalue weighted by Crippen LogP contribution is 2.53. The number of hydrogen-bond acceptors (Lipinski definition) is 7. The molecule has 0 spiro atoms. The van der Waals surface area contributed by atoms with Crippen LogP contribution in [0.3, 0.4) is 0 Å². The molecule has 4 atom stereocenters. The molecule has 0 saturated heterocycles. The number of carbonyl (C=O) groups excluding carboxylic acids is 1. The number of allylic oxidation sites excluding steroid dienone is 2. The van der Waals surface area contributed by atoms with Gasteiger partial charge in [0.25, 0.3) is 0 Å². The molecular weight excluding hydrogens is 623 g/mol. The van der Waals surface area contributed by atoms with Gasteiger partial charge in [-0.05, 0) is 77.6 Å². The fourth-order valence-corrected chi connectivity index (χ4v) is 9.60. The maximum atomic E-state index is 15.6. The summed E-state index contributed by atoms with van der Waals surface area (Å²) in [5.74, 6) is 1.32. The molecule has 3 aromatic carbocycles. The Balaban J connectivity index is 1.89. The molecule has 0 fully saturated rings. The summed E-state index contributed by atoms with van der Waals surface area (Å²) in [5, 5.41) is -0.549. The Labute approximate surface area is 288 Å². The predicted octanol–water partition coefficient (Wildman–Crippen LogP) is 9.84. The number of esters is 1. The standard InChI is InChI=1S/C40H53NO6S/c1-24(2)19-30-29-23-33(45-12)36(46-13)26(4)35(29)41-48(43,28-17-15-14-16-18-28)38(30)25(3)20-34(42)47-37-31(39(5,6)7)21-27(44-11)22-32(37)40(8,9)10/h14-19,21-23,25,30,38H,20H2,1-13H3/t25-,30-,38+,48?/m0/s1. The Morgan fingerprint density at radius 1 is 0.917 bits per heavy atom. The van der Waals surface area contributed by atoms with Gasteiger partial charge in [-0.3, -0.25) is 4.79 Å². The summed E-state index contributed by atoms with van der Waals surface area (Å²) >= 11 is 0. The highest BCUT2D eigenvalue weighted by molar-refractivity contribution is 8.00. The van der Waals surface area contributed by atoms with Crippen LogP contribution in [-0.4, -0.2) is 37.1 Å². The van der Waals surface area contributed by atoms with Crippen LogP contribution in [0.2, 0.25) is 0 Å². The lowest BCUT2D eigenvalue weighted by atomic mass is 9.79. The highest BCUT2D eigenvalue weighted by atomic mass is 32.3.